The molecule has 0 amide bonds. The molecule has 0 aromatic rings. The van der Waals surface area contributed by atoms with Gasteiger partial charge in [0.1, 0.15) is 0 Å². The summed E-state index contributed by atoms with van der Waals surface area (Å²) >= 11 is 0. The Bertz CT molecular complexity index is 241. The van der Waals surface area contributed by atoms with Crippen LogP contribution >= 0.6 is 0 Å². The van der Waals surface area contributed by atoms with Gasteiger partial charge in [-0.1, -0.05) is 13.3 Å². The van der Waals surface area contributed by atoms with Crippen molar-refractivity contribution in [2.75, 3.05) is 19.6 Å². The fourth-order valence-corrected chi connectivity index (χ4v) is 4.26. The quantitative estimate of drug-likeness (QED) is 0.785. The van der Waals surface area contributed by atoms with Crippen LogP contribution in [0.5, 0.6) is 0 Å². The highest BCUT2D eigenvalue weighted by atomic mass is 15.2. The van der Waals surface area contributed by atoms with Crippen LogP contribution in [-0.2, 0) is 0 Å². The van der Waals surface area contributed by atoms with Crippen LogP contribution in [0.4, 0.5) is 0 Å². The van der Waals surface area contributed by atoms with E-state index < -0.39 is 0 Å². The van der Waals surface area contributed by atoms with Gasteiger partial charge in [0.2, 0.25) is 0 Å². The Balaban J connectivity index is 1.50. The molecule has 3 rings (SSSR count). The molecule has 0 aromatic carbocycles. The molecule has 1 saturated heterocycles. The minimum atomic E-state index is 0.791. The van der Waals surface area contributed by atoms with Crippen molar-refractivity contribution in [1.29, 1.82) is 0 Å². The van der Waals surface area contributed by atoms with E-state index in [1.807, 2.05) is 0 Å². The van der Waals surface area contributed by atoms with E-state index >= 15 is 0 Å². The summed E-state index contributed by atoms with van der Waals surface area (Å²) < 4.78 is 0. The molecule has 2 saturated carbocycles. The van der Waals surface area contributed by atoms with Crippen LogP contribution in [-0.4, -0.2) is 36.6 Å². The highest BCUT2D eigenvalue weighted by Gasteiger charge is 2.43. The predicted molar refractivity (Wildman–Crippen MR) is 67.5 cm³/mol. The minimum Gasteiger partial charge on any atom is -0.313 e. The number of likely N-dealkylation sites (tertiary alicyclic amines) is 1. The van der Waals surface area contributed by atoms with Gasteiger partial charge in [-0.15, -0.1) is 0 Å². The molecule has 2 nitrogen and oxygen atoms in total. The topological polar surface area (TPSA) is 15.3 Å². The van der Waals surface area contributed by atoms with Gasteiger partial charge in [0, 0.05) is 25.2 Å². The van der Waals surface area contributed by atoms with Gasteiger partial charge in [-0.05, 0) is 50.5 Å². The monoisotopic (exact) mass is 222 g/mol. The van der Waals surface area contributed by atoms with Crippen molar-refractivity contribution >= 4 is 0 Å². The van der Waals surface area contributed by atoms with Crippen molar-refractivity contribution in [3.05, 3.63) is 0 Å². The first-order valence-corrected chi connectivity index (χ1v) is 7.34. The Morgan fingerprint density at radius 3 is 2.81 bits per heavy atom. The first-order valence-electron chi connectivity index (χ1n) is 7.34. The van der Waals surface area contributed by atoms with Gasteiger partial charge in [-0.2, -0.15) is 0 Å². The van der Waals surface area contributed by atoms with Gasteiger partial charge in [0.05, 0.1) is 0 Å². The van der Waals surface area contributed by atoms with Gasteiger partial charge in [0.25, 0.3) is 0 Å². The van der Waals surface area contributed by atoms with E-state index in [1.54, 1.807) is 6.42 Å². The lowest BCUT2D eigenvalue weighted by Gasteiger charge is -2.31. The Kier molecular flexibility index (Phi) is 3.21. The SMILES string of the molecule is CCCNC1CCN(C2CC3CCC2C3)C1. The van der Waals surface area contributed by atoms with Crippen molar-refractivity contribution < 1.29 is 0 Å². The van der Waals surface area contributed by atoms with Gasteiger partial charge < -0.3 is 5.32 Å². The molecule has 0 aromatic heterocycles. The molecule has 92 valence electrons. The van der Waals surface area contributed by atoms with E-state index in [0.29, 0.717) is 0 Å². The minimum absolute atomic E-state index is 0.791. The molecule has 1 aliphatic heterocycles. The summed E-state index contributed by atoms with van der Waals surface area (Å²) in [7, 11) is 0. The predicted octanol–water partition coefficient (Wildman–Crippen LogP) is 2.25. The fraction of sp³-hybridized carbons (Fsp3) is 1.00. The molecule has 0 spiro atoms. The number of rotatable bonds is 4. The lowest BCUT2D eigenvalue weighted by Crippen LogP contribution is -2.40. The Morgan fingerprint density at radius 1 is 1.19 bits per heavy atom. The summed E-state index contributed by atoms with van der Waals surface area (Å²) in [6.45, 7) is 6.15. The molecule has 4 atom stereocenters. The maximum atomic E-state index is 3.69. The Hall–Kier alpha value is -0.0800. The third kappa shape index (κ3) is 2.02. The molecule has 1 heterocycles. The maximum Gasteiger partial charge on any atom is 0.0207 e. The number of fused-ring (bicyclic) bond motifs is 2. The largest absolute Gasteiger partial charge is 0.313 e. The van der Waals surface area contributed by atoms with Crippen molar-refractivity contribution in [1.82, 2.24) is 10.2 Å². The summed E-state index contributed by atoms with van der Waals surface area (Å²) in [6.07, 6.45) is 8.78. The third-order valence-electron chi connectivity index (χ3n) is 5.07. The van der Waals surface area contributed by atoms with Gasteiger partial charge in [-0.25, -0.2) is 0 Å². The maximum absolute atomic E-state index is 3.69. The van der Waals surface area contributed by atoms with Gasteiger partial charge in [-0.3, -0.25) is 4.90 Å². The summed E-state index contributed by atoms with van der Waals surface area (Å²) in [5.41, 5.74) is 0. The van der Waals surface area contributed by atoms with Crippen LogP contribution in [0.1, 0.15) is 45.4 Å². The molecule has 2 heteroatoms. The Morgan fingerprint density at radius 2 is 2.12 bits per heavy atom. The van der Waals surface area contributed by atoms with E-state index in [-0.39, 0.29) is 0 Å². The summed E-state index contributed by atoms with van der Waals surface area (Å²) in [5.74, 6) is 2.16. The summed E-state index contributed by atoms with van der Waals surface area (Å²) in [6, 6.07) is 1.76. The lowest BCUT2D eigenvalue weighted by molar-refractivity contribution is 0.172. The van der Waals surface area contributed by atoms with Crippen molar-refractivity contribution in [2.45, 2.75) is 57.5 Å². The normalized spacial score (nSPS) is 43.3. The number of nitrogens with one attached hydrogen (secondary N) is 1. The molecule has 2 aliphatic carbocycles. The second-order valence-corrected chi connectivity index (χ2v) is 6.18. The zero-order valence-electron chi connectivity index (χ0n) is 10.6. The highest BCUT2D eigenvalue weighted by Crippen LogP contribution is 2.47. The van der Waals surface area contributed by atoms with E-state index in [2.05, 4.69) is 17.1 Å². The first kappa shape index (κ1) is 11.0. The molecule has 16 heavy (non-hydrogen) atoms. The van der Waals surface area contributed by atoms with Crippen molar-refractivity contribution in [2.24, 2.45) is 11.8 Å². The number of hydrogen-bond donors (Lipinski definition) is 1. The second-order valence-electron chi connectivity index (χ2n) is 6.18. The molecular formula is C14H26N2. The smallest absolute Gasteiger partial charge is 0.0207 e. The highest BCUT2D eigenvalue weighted by molar-refractivity contribution is 4.98. The van der Waals surface area contributed by atoms with Crippen LogP contribution in [0, 0.1) is 11.8 Å². The average Bonchev–Trinajstić information content (AvgIpc) is 3.01. The van der Waals surface area contributed by atoms with Crippen molar-refractivity contribution in [3.8, 4) is 0 Å². The molecule has 3 aliphatic rings. The molecular weight excluding hydrogens is 196 g/mol. The average molecular weight is 222 g/mol. The van der Waals surface area contributed by atoms with Gasteiger partial charge >= 0.3 is 0 Å². The van der Waals surface area contributed by atoms with E-state index in [0.717, 1.165) is 23.9 Å². The van der Waals surface area contributed by atoms with Crippen LogP contribution in [0.3, 0.4) is 0 Å². The lowest BCUT2D eigenvalue weighted by atomic mass is 9.94. The number of nitrogens with zero attached hydrogens (tertiary/aromatic N) is 1. The molecule has 0 radical (unpaired) electrons. The van der Waals surface area contributed by atoms with E-state index in [9.17, 15) is 0 Å². The number of hydrogen-bond acceptors (Lipinski definition) is 2. The molecule has 2 bridgehead atoms. The third-order valence-corrected chi connectivity index (χ3v) is 5.07. The molecule has 4 unspecified atom stereocenters. The van der Waals surface area contributed by atoms with E-state index in [1.165, 1.54) is 51.7 Å². The zero-order chi connectivity index (χ0) is 11.0. The van der Waals surface area contributed by atoms with Crippen molar-refractivity contribution in [3.63, 3.8) is 0 Å². The molecule has 1 N–H and O–H groups in total. The Labute approximate surface area is 99.8 Å². The van der Waals surface area contributed by atoms with Crippen LogP contribution in [0.25, 0.3) is 0 Å². The van der Waals surface area contributed by atoms with Crippen LogP contribution in [0.15, 0.2) is 0 Å². The van der Waals surface area contributed by atoms with Crippen LogP contribution < -0.4 is 5.32 Å². The van der Waals surface area contributed by atoms with E-state index in [4.69, 9.17) is 0 Å². The fourth-order valence-electron chi connectivity index (χ4n) is 4.26. The summed E-state index contributed by atoms with van der Waals surface area (Å²) in [5, 5.41) is 3.69. The molecule has 3 fully saturated rings. The summed E-state index contributed by atoms with van der Waals surface area (Å²) in [4.78, 5) is 2.80. The van der Waals surface area contributed by atoms with Crippen LogP contribution in [0.2, 0.25) is 0 Å². The van der Waals surface area contributed by atoms with Gasteiger partial charge in [0.15, 0.2) is 0 Å². The standard InChI is InChI=1S/C14H26N2/c1-2-6-15-13-5-7-16(10-13)14-9-11-3-4-12(14)8-11/h11-15H,2-10H2,1H3. The second kappa shape index (κ2) is 4.66. The zero-order valence-corrected chi connectivity index (χ0v) is 10.6. The first-order chi connectivity index (χ1) is 7.86.